The number of aromatic nitrogens is 2. The van der Waals surface area contributed by atoms with Gasteiger partial charge in [0.2, 0.25) is 5.28 Å². The number of fused-ring (bicyclic) bond motifs is 1. The van der Waals surface area contributed by atoms with Crippen molar-refractivity contribution in [2.24, 2.45) is 0 Å². The van der Waals surface area contributed by atoms with Gasteiger partial charge < -0.3 is 18.9 Å². The van der Waals surface area contributed by atoms with Crippen LogP contribution < -0.4 is 0 Å². The smallest absolute Gasteiger partial charge is 0.303 e. The fraction of sp³-hybridized carbons (Fsp3) is 0.471. The first-order chi connectivity index (χ1) is 13.2. The molecule has 0 spiro atoms. The lowest BCUT2D eigenvalue weighted by molar-refractivity contribution is -0.165. The van der Waals surface area contributed by atoms with Crippen molar-refractivity contribution in [2.75, 3.05) is 13.7 Å². The number of carbonyl (C=O) groups is 2. The van der Waals surface area contributed by atoms with Crippen molar-refractivity contribution in [1.82, 2.24) is 9.55 Å². The molecule has 11 heteroatoms. The molecule has 0 saturated carbocycles. The lowest BCUT2D eigenvalue weighted by Gasteiger charge is -2.24. The monoisotopic (exact) mass is 450 g/mol. The summed E-state index contributed by atoms with van der Waals surface area (Å²) in [6, 6.07) is 3.14. The number of esters is 2. The molecule has 0 amide bonds. The van der Waals surface area contributed by atoms with Gasteiger partial charge in [0, 0.05) is 21.0 Å². The van der Waals surface area contributed by atoms with E-state index in [4.69, 9.17) is 53.8 Å². The van der Waals surface area contributed by atoms with Gasteiger partial charge in [-0.15, -0.1) is 0 Å². The summed E-state index contributed by atoms with van der Waals surface area (Å²) in [5, 5.41) is 0.670. The average Bonchev–Trinajstić information content (AvgIpc) is 3.05. The van der Waals surface area contributed by atoms with Crippen LogP contribution in [0.5, 0.6) is 0 Å². The number of benzene rings is 1. The van der Waals surface area contributed by atoms with Crippen LogP contribution >= 0.6 is 34.8 Å². The molecule has 152 valence electrons. The zero-order valence-electron chi connectivity index (χ0n) is 15.1. The van der Waals surface area contributed by atoms with Gasteiger partial charge in [0.25, 0.3) is 0 Å². The molecule has 1 aromatic carbocycles. The first-order valence-corrected chi connectivity index (χ1v) is 9.37. The molecule has 1 aliphatic heterocycles. The summed E-state index contributed by atoms with van der Waals surface area (Å²) < 4.78 is 23.5. The second-order valence-electron chi connectivity index (χ2n) is 6.17. The van der Waals surface area contributed by atoms with E-state index in [1.807, 2.05) is 0 Å². The van der Waals surface area contributed by atoms with Crippen molar-refractivity contribution >= 4 is 57.8 Å². The second-order valence-corrected chi connectivity index (χ2v) is 7.33. The fourth-order valence-corrected chi connectivity index (χ4v) is 3.76. The van der Waals surface area contributed by atoms with Crippen LogP contribution in [0.3, 0.4) is 0 Å². The zero-order chi connectivity index (χ0) is 20.6. The Morgan fingerprint density at radius 1 is 1.11 bits per heavy atom. The maximum absolute atomic E-state index is 11.7. The highest BCUT2D eigenvalue weighted by Crippen LogP contribution is 2.39. The van der Waals surface area contributed by atoms with Crippen molar-refractivity contribution < 1.29 is 28.5 Å². The van der Waals surface area contributed by atoms with Crippen LogP contribution in [0.2, 0.25) is 15.3 Å². The second kappa shape index (κ2) is 8.42. The third kappa shape index (κ3) is 4.06. The molecule has 1 aliphatic rings. The van der Waals surface area contributed by atoms with Gasteiger partial charge in [0.15, 0.2) is 18.4 Å². The fourth-order valence-electron chi connectivity index (χ4n) is 3.17. The van der Waals surface area contributed by atoms with Crippen molar-refractivity contribution in [3.8, 4) is 0 Å². The molecule has 28 heavy (non-hydrogen) atoms. The standard InChI is InChI=1S/C17H17Cl3N2O6/c1-7(23)26-14-13(6-25-3)28-16(15(14)27-8(2)24)22-12-5-10(19)9(18)4-11(12)21-17(22)20/h4-5,13-16H,6H2,1-3H3/t13-,14-,15-,16-/m1/s1. The Kier molecular flexibility index (Phi) is 6.36. The molecule has 0 unspecified atom stereocenters. The highest BCUT2D eigenvalue weighted by atomic mass is 35.5. The minimum Gasteiger partial charge on any atom is -0.456 e. The van der Waals surface area contributed by atoms with Gasteiger partial charge in [-0.3, -0.25) is 14.2 Å². The number of rotatable bonds is 5. The van der Waals surface area contributed by atoms with Gasteiger partial charge in [0.1, 0.15) is 6.10 Å². The van der Waals surface area contributed by atoms with Crippen LogP contribution in [-0.4, -0.2) is 53.5 Å². The molecule has 0 bridgehead atoms. The number of methoxy groups -OCH3 is 1. The van der Waals surface area contributed by atoms with Crippen molar-refractivity contribution in [2.45, 2.75) is 38.4 Å². The summed E-state index contributed by atoms with van der Waals surface area (Å²) in [6.07, 6.45) is -3.50. The van der Waals surface area contributed by atoms with Crippen LogP contribution in [0.15, 0.2) is 12.1 Å². The lowest BCUT2D eigenvalue weighted by Crippen LogP contribution is -2.40. The highest BCUT2D eigenvalue weighted by molar-refractivity contribution is 6.42. The van der Waals surface area contributed by atoms with Gasteiger partial charge in [-0.1, -0.05) is 23.2 Å². The quantitative estimate of drug-likeness (QED) is 0.644. The lowest BCUT2D eigenvalue weighted by atomic mass is 10.1. The van der Waals surface area contributed by atoms with Gasteiger partial charge >= 0.3 is 11.9 Å². The molecule has 1 aromatic heterocycles. The van der Waals surface area contributed by atoms with E-state index in [1.165, 1.54) is 25.5 Å². The molecule has 8 nitrogen and oxygen atoms in total. The summed E-state index contributed by atoms with van der Waals surface area (Å²) in [5.74, 6) is -1.13. The molecule has 0 aliphatic carbocycles. The average molecular weight is 452 g/mol. The maximum atomic E-state index is 11.7. The van der Waals surface area contributed by atoms with E-state index < -0.39 is 36.5 Å². The minimum absolute atomic E-state index is 0.0649. The van der Waals surface area contributed by atoms with E-state index in [0.29, 0.717) is 21.1 Å². The maximum Gasteiger partial charge on any atom is 0.303 e. The molecule has 4 atom stereocenters. The number of hydrogen-bond donors (Lipinski definition) is 0. The van der Waals surface area contributed by atoms with Crippen LogP contribution in [0.25, 0.3) is 11.0 Å². The van der Waals surface area contributed by atoms with Crippen molar-refractivity contribution in [1.29, 1.82) is 0 Å². The molecular weight excluding hydrogens is 435 g/mol. The Morgan fingerprint density at radius 2 is 1.71 bits per heavy atom. The van der Waals surface area contributed by atoms with Gasteiger partial charge in [-0.25, -0.2) is 4.98 Å². The molecule has 1 fully saturated rings. The zero-order valence-corrected chi connectivity index (χ0v) is 17.4. The normalized spacial score (nSPS) is 24.5. The summed E-state index contributed by atoms with van der Waals surface area (Å²) in [7, 11) is 1.48. The van der Waals surface area contributed by atoms with Crippen LogP contribution in [0.1, 0.15) is 20.1 Å². The molecule has 0 radical (unpaired) electrons. The molecule has 3 rings (SSSR count). The predicted molar refractivity (Wildman–Crippen MR) is 102 cm³/mol. The third-order valence-electron chi connectivity index (χ3n) is 4.16. The number of hydrogen-bond acceptors (Lipinski definition) is 7. The molecule has 0 N–H and O–H groups in total. The minimum atomic E-state index is -0.981. The Balaban J connectivity index is 2.11. The van der Waals surface area contributed by atoms with Gasteiger partial charge in [-0.2, -0.15) is 0 Å². The van der Waals surface area contributed by atoms with Gasteiger partial charge in [0.05, 0.1) is 27.7 Å². The van der Waals surface area contributed by atoms with E-state index >= 15 is 0 Å². The van der Waals surface area contributed by atoms with E-state index in [0.717, 1.165) is 0 Å². The Bertz CT molecular complexity index is 918. The number of imidazole rings is 1. The third-order valence-corrected chi connectivity index (χ3v) is 5.15. The highest BCUT2D eigenvalue weighted by Gasteiger charge is 2.51. The Labute approximate surface area is 175 Å². The van der Waals surface area contributed by atoms with E-state index in [9.17, 15) is 9.59 Å². The van der Waals surface area contributed by atoms with Gasteiger partial charge in [-0.05, 0) is 23.7 Å². The number of halogens is 3. The van der Waals surface area contributed by atoms with E-state index in [-0.39, 0.29) is 11.9 Å². The number of nitrogens with zero attached hydrogens (tertiary/aromatic N) is 2. The predicted octanol–water partition coefficient (Wildman–Crippen LogP) is 3.40. The van der Waals surface area contributed by atoms with Crippen LogP contribution in [0.4, 0.5) is 0 Å². The molecule has 2 aromatic rings. The van der Waals surface area contributed by atoms with Crippen molar-refractivity contribution in [3.05, 3.63) is 27.5 Å². The Morgan fingerprint density at radius 3 is 2.32 bits per heavy atom. The summed E-state index contributed by atoms with van der Waals surface area (Å²) in [5.41, 5.74) is 0.991. The van der Waals surface area contributed by atoms with Crippen LogP contribution in [-0.2, 0) is 28.5 Å². The first-order valence-electron chi connectivity index (χ1n) is 8.24. The Hall–Kier alpha value is -1.58. The largest absolute Gasteiger partial charge is 0.456 e. The molecule has 1 saturated heterocycles. The topological polar surface area (TPSA) is 88.9 Å². The number of carbonyl (C=O) groups excluding carboxylic acids is 2. The SMILES string of the molecule is COC[C@H]1O[C@@H](n2c(Cl)nc3cc(Cl)c(Cl)cc32)[C@H](OC(C)=O)[C@@H]1OC(C)=O. The number of ether oxygens (including phenoxy) is 4. The summed E-state index contributed by atoms with van der Waals surface area (Å²) >= 11 is 18.5. The molecule has 2 heterocycles. The first kappa shape index (κ1) is 21.1. The van der Waals surface area contributed by atoms with Crippen molar-refractivity contribution in [3.63, 3.8) is 0 Å². The van der Waals surface area contributed by atoms with Crippen LogP contribution in [0, 0.1) is 0 Å². The summed E-state index contributed by atoms with van der Waals surface area (Å²) in [4.78, 5) is 27.6. The molecular formula is C17H17Cl3N2O6. The summed E-state index contributed by atoms with van der Waals surface area (Å²) in [6.45, 7) is 2.60. The van der Waals surface area contributed by atoms with E-state index in [1.54, 1.807) is 12.1 Å². The van der Waals surface area contributed by atoms with E-state index in [2.05, 4.69) is 4.98 Å².